The van der Waals surface area contributed by atoms with Gasteiger partial charge in [-0.05, 0) is 97.1 Å². The molecule has 6 rings (SSSR count). The molecule has 1 aromatic heterocycles. The largest absolute Gasteiger partial charge is 0.338 e. The summed E-state index contributed by atoms with van der Waals surface area (Å²) in [5.74, 6) is 1.13. The first-order valence-corrected chi connectivity index (χ1v) is 17.8. The zero-order chi connectivity index (χ0) is 35.1. The van der Waals surface area contributed by atoms with Crippen LogP contribution >= 0.6 is 0 Å². The van der Waals surface area contributed by atoms with Gasteiger partial charge in [-0.1, -0.05) is 0 Å². The van der Waals surface area contributed by atoms with Gasteiger partial charge in [0.05, 0.1) is 32.5 Å². The zero-order valence-corrected chi connectivity index (χ0v) is 27.6. The van der Waals surface area contributed by atoms with E-state index in [0.717, 1.165) is 26.2 Å². The molecule has 0 radical (unpaired) electrons. The molecule has 0 atom stereocenters. The third kappa shape index (κ3) is 9.24. The van der Waals surface area contributed by atoms with E-state index >= 15 is 0 Å². The zero-order valence-electron chi connectivity index (χ0n) is 26.0. The average Bonchev–Trinajstić information content (AvgIpc) is 3.11. The molecular formula is C31H29N11O6S2. The van der Waals surface area contributed by atoms with E-state index in [1.54, 1.807) is 48.5 Å². The number of piperazine rings is 1. The fourth-order valence-corrected chi connectivity index (χ4v) is 5.52. The van der Waals surface area contributed by atoms with Crippen molar-refractivity contribution in [2.75, 3.05) is 41.7 Å². The molecule has 1 saturated heterocycles. The van der Waals surface area contributed by atoms with Crippen molar-refractivity contribution in [1.82, 2.24) is 20.3 Å². The van der Waals surface area contributed by atoms with Crippen molar-refractivity contribution in [2.24, 2.45) is 20.5 Å². The summed E-state index contributed by atoms with van der Waals surface area (Å²) in [6.45, 7) is 3.02. The standard InChI is InChI=1S/C31H29N11O6S2/c43-49(44,45)27-13-9-25(10-14-27)40-38-23-5-1-21(2-6-23)33-29-35-30(37-31(36-29)42-19-17-32-18-20-42)34-22-3-7-24(8-4-22)39-41-26-11-15-28(16-12-26)50(46,47)48/h1-16,32H,17-20H2,(H,43,44,45)(H,46,47,48)(H2,33,34,35,36,37). The van der Waals surface area contributed by atoms with E-state index in [9.17, 15) is 16.8 Å². The van der Waals surface area contributed by atoms with Crippen LogP contribution in [0.1, 0.15) is 0 Å². The number of rotatable bonds is 11. The van der Waals surface area contributed by atoms with Crippen molar-refractivity contribution >= 4 is 72.2 Å². The van der Waals surface area contributed by atoms with E-state index in [-0.39, 0.29) is 9.79 Å². The molecule has 0 amide bonds. The predicted molar refractivity (Wildman–Crippen MR) is 185 cm³/mol. The fourth-order valence-electron chi connectivity index (χ4n) is 4.56. The summed E-state index contributed by atoms with van der Waals surface area (Å²) in [6, 6.07) is 24.8. The van der Waals surface area contributed by atoms with E-state index in [4.69, 9.17) is 9.11 Å². The number of hydrogen-bond donors (Lipinski definition) is 5. The first kappa shape index (κ1) is 34.1. The van der Waals surface area contributed by atoms with Gasteiger partial charge in [-0.25, -0.2) is 0 Å². The Morgan fingerprint density at radius 1 is 0.540 bits per heavy atom. The summed E-state index contributed by atoms with van der Waals surface area (Å²) in [7, 11) is -8.58. The van der Waals surface area contributed by atoms with E-state index in [1.165, 1.54) is 48.5 Å². The van der Waals surface area contributed by atoms with Crippen molar-refractivity contribution in [2.45, 2.75) is 9.79 Å². The molecule has 256 valence electrons. The minimum atomic E-state index is -4.29. The highest BCUT2D eigenvalue weighted by atomic mass is 32.2. The minimum Gasteiger partial charge on any atom is -0.338 e. The van der Waals surface area contributed by atoms with Crippen molar-refractivity contribution < 1.29 is 25.9 Å². The van der Waals surface area contributed by atoms with Crippen LogP contribution in [0, 0.1) is 0 Å². The molecule has 0 unspecified atom stereocenters. The maximum absolute atomic E-state index is 11.2. The maximum atomic E-state index is 11.2. The summed E-state index contributed by atoms with van der Waals surface area (Å²) in [4.78, 5) is 15.5. The molecule has 5 aromatic rings. The number of azo groups is 2. The highest BCUT2D eigenvalue weighted by Crippen LogP contribution is 2.26. The first-order chi connectivity index (χ1) is 24.0. The Balaban J connectivity index is 1.14. The number of hydrogen-bond acceptors (Lipinski definition) is 15. The second kappa shape index (κ2) is 14.8. The highest BCUT2D eigenvalue weighted by molar-refractivity contribution is 7.86. The smallest absolute Gasteiger partial charge is 0.294 e. The number of aromatic nitrogens is 3. The van der Waals surface area contributed by atoms with Crippen LogP contribution in [0.2, 0.25) is 0 Å². The Labute approximate surface area is 286 Å². The summed E-state index contributed by atoms with van der Waals surface area (Å²) in [5.41, 5.74) is 3.30. The van der Waals surface area contributed by atoms with Crippen LogP contribution in [-0.4, -0.2) is 67.1 Å². The Bertz CT molecular complexity index is 2080. The Kier molecular flexibility index (Phi) is 10.1. The molecule has 0 saturated carbocycles. The normalized spacial score (nSPS) is 13.9. The molecule has 1 aliphatic rings. The van der Waals surface area contributed by atoms with Crippen LogP contribution in [0.15, 0.2) is 127 Å². The van der Waals surface area contributed by atoms with Crippen LogP contribution in [0.5, 0.6) is 0 Å². The highest BCUT2D eigenvalue weighted by Gasteiger charge is 2.17. The molecule has 0 spiro atoms. The maximum Gasteiger partial charge on any atom is 0.294 e. The van der Waals surface area contributed by atoms with E-state index in [1.807, 2.05) is 0 Å². The summed E-state index contributed by atoms with van der Waals surface area (Å²) < 4.78 is 63.2. The van der Waals surface area contributed by atoms with Gasteiger partial charge in [0, 0.05) is 37.6 Å². The van der Waals surface area contributed by atoms with Gasteiger partial charge in [0.1, 0.15) is 0 Å². The van der Waals surface area contributed by atoms with Crippen molar-refractivity contribution in [3.63, 3.8) is 0 Å². The number of anilines is 5. The van der Waals surface area contributed by atoms with Gasteiger partial charge in [-0.15, -0.1) is 0 Å². The third-order valence-corrected chi connectivity index (χ3v) is 8.84. The van der Waals surface area contributed by atoms with E-state index in [2.05, 4.69) is 56.3 Å². The molecule has 1 fully saturated rings. The van der Waals surface area contributed by atoms with Crippen LogP contribution in [0.3, 0.4) is 0 Å². The molecule has 4 aromatic carbocycles. The summed E-state index contributed by atoms with van der Waals surface area (Å²) in [6.07, 6.45) is 0. The van der Waals surface area contributed by atoms with E-state index in [0.29, 0.717) is 52.0 Å². The molecular weight excluding hydrogens is 687 g/mol. The van der Waals surface area contributed by atoms with Gasteiger partial charge >= 0.3 is 0 Å². The van der Waals surface area contributed by atoms with Crippen LogP contribution in [0.4, 0.5) is 52.0 Å². The fraction of sp³-hybridized carbons (Fsp3) is 0.129. The quantitative estimate of drug-likeness (QED) is 0.0769. The number of nitrogens with one attached hydrogen (secondary N) is 3. The molecule has 1 aliphatic heterocycles. The second-order valence-electron chi connectivity index (χ2n) is 10.7. The molecule has 0 aliphatic carbocycles. The first-order valence-electron chi connectivity index (χ1n) is 14.9. The lowest BCUT2D eigenvalue weighted by Crippen LogP contribution is -2.44. The minimum absolute atomic E-state index is 0.229. The summed E-state index contributed by atoms with van der Waals surface area (Å²) >= 11 is 0. The van der Waals surface area contributed by atoms with Gasteiger partial charge in [-0.3, -0.25) is 9.11 Å². The Morgan fingerprint density at radius 3 is 1.22 bits per heavy atom. The predicted octanol–water partition coefficient (Wildman–Crippen LogP) is 6.09. The molecule has 0 bridgehead atoms. The van der Waals surface area contributed by atoms with Gasteiger partial charge < -0.3 is 20.9 Å². The number of nitrogens with zero attached hydrogens (tertiary/aromatic N) is 8. The molecule has 50 heavy (non-hydrogen) atoms. The van der Waals surface area contributed by atoms with Crippen molar-refractivity contribution in [3.05, 3.63) is 97.1 Å². The monoisotopic (exact) mass is 715 g/mol. The molecule has 19 heteroatoms. The van der Waals surface area contributed by atoms with Crippen LogP contribution in [0.25, 0.3) is 0 Å². The lowest BCUT2D eigenvalue weighted by atomic mass is 10.3. The molecule has 2 heterocycles. The van der Waals surface area contributed by atoms with Crippen molar-refractivity contribution in [3.8, 4) is 0 Å². The average molecular weight is 716 g/mol. The van der Waals surface area contributed by atoms with Gasteiger partial charge in [-0.2, -0.15) is 52.2 Å². The SMILES string of the molecule is O=S(=O)(O)c1ccc(N=Nc2ccc(Nc3nc(Nc4ccc(N=Nc5ccc(S(=O)(=O)O)cc5)cc4)nc(N4CCNCC4)n3)cc2)cc1. The summed E-state index contributed by atoms with van der Waals surface area (Å²) in [5, 5.41) is 26.3. The topological polar surface area (TPSA) is 236 Å². The van der Waals surface area contributed by atoms with Crippen LogP contribution < -0.4 is 20.9 Å². The van der Waals surface area contributed by atoms with Gasteiger partial charge in [0.2, 0.25) is 17.8 Å². The second-order valence-corrected chi connectivity index (χ2v) is 13.5. The molecule has 5 N–H and O–H groups in total. The van der Waals surface area contributed by atoms with Crippen LogP contribution in [-0.2, 0) is 20.2 Å². The Morgan fingerprint density at radius 2 is 0.880 bits per heavy atom. The Hall–Kier alpha value is -5.73. The molecule has 17 nitrogen and oxygen atoms in total. The lowest BCUT2D eigenvalue weighted by molar-refractivity contribution is 0.481. The van der Waals surface area contributed by atoms with Gasteiger partial charge in [0.15, 0.2) is 0 Å². The van der Waals surface area contributed by atoms with E-state index < -0.39 is 20.2 Å². The number of benzene rings is 4. The lowest BCUT2D eigenvalue weighted by Gasteiger charge is -2.27. The van der Waals surface area contributed by atoms with Crippen molar-refractivity contribution in [1.29, 1.82) is 0 Å². The van der Waals surface area contributed by atoms with Gasteiger partial charge in [0.25, 0.3) is 20.2 Å². The third-order valence-electron chi connectivity index (χ3n) is 7.10.